The molecule has 0 amide bonds. The van der Waals surface area contributed by atoms with Crippen LogP contribution >= 0.6 is 7.82 Å². The van der Waals surface area contributed by atoms with Gasteiger partial charge in [-0.1, -0.05) is 145 Å². The second-order valence-corrected chi connectivity index (χ2v) is 13.7. The third kappa shape index (κ3) is 26.4. The highest BCUT2D eigenvalue weighted by Gasteiger charge is 2.26. The third-order valence-corrected chi connectivity index (χ3v) is 7.91. The largest absolute Gasteiger partial charge is 0.466 e. The Bertz CT molecular complexity index is 956. The van der Waals surface area contributed by atoms with Gasteiger partial charge in [0.15, 0.2) is 0 Å². The zero-order valence-electron chi connectivity index (χ0n) is 28.2. The van der Waals surface area contributed by atoms with Crippen LogP contribution < -0.4 is 0 Å². The smallest absolute Gasteiger partial charge is 0.461 e. The predicted octanol–water partition coefficient (Wildman–Crippen LogP) is 10.6. The van der Waals surface area contributed by atoms with Gasteiger partial charge in [-0.3, -0.25) is 4.79 Å². The molecule has 1 aliphatic rings. The molecule has 248 valence electrons. The van der Waals surface area contributed by atoms with Crippen molar-refractivity contribution in [2.75, 3.05) is 6.61 Å². The maximum atomic E-state index is 12.0. The van der Waals surface area contributed by atoms with Crippen molar-refractivity contribution in [2.45, 2.75) is 151 Å². The highest BCUT2D eigenvalue weighted by Crippen LogP contribution is 2.40. The average molecular weight is 623 g/mol. The first-order valence-corrected chi connectivity index (χ1v) is 18.2. The van der Waals surface area contributed by atoms with Crippen molar-refractivity contribution in [1.82, 2.24) is 0 Å². The highest BCUT2D eigenvalue weighted by atomic mass is 31.2. The van der Waals surface area contributed by atoms with E-state index in [1.165, 1.54) is 107 Å². The lowest BCUT2D eigenvalue weighted by Gasteiger charge is -2.32. The normalized spacial score (nSPS) is 16.1. The Hall–Kier alpha value is -1.72. The molecule has 1 rings (SSSR count). The molecule has 0 aromatic heterocycles. The molecule has 0 saturated heterocycles. The number of hydrogen-bond donors (Lipinski definition) is 3. The van der Waals surface area contributed by atoms with Gasteiger partial charge in [0.2, 0.25) is 0 Å². The maximum absolute atomic E-state index is 12.0. The number of hydrogen-bond acceptors (Lipinski definition) is 3. The minimum Gasteiger partial charge on any atom is -0.461 e. The SMILES string of the molecule is CCCCCCCCCCCCCCCC(=O)OCC=C(C)C=CC=C(C)C=CC1=C(C)CCCC1(C)C.O=P(O)(O)O. The van der Waals surface area contributed by atoms with Crippen molar-refractivity contribution in [2.24, 2.45) is 5.41 Å². The molecule has 3 N–H and O–H groups in total. The van der Waals surface area contributed by atoms with E-state index in [1.807, 2.05) is 6.08 Å². The molecule has 43 heavy (non-hydrogen) atoms. The van der Waals surface area contributed by atoms with Crippen LogP contribution in [0.3, 0.4) is 0 Å². The Balaban J connectivity index is 0.00000324. The second kappa shape index (κ2) is 24.6. The van der Waals surface area contributed by atoms with Gasteiger partial charge in [-0.2, -0.15) is 0 Å². The molecule has 0 aromatic rings. The number of rotatable bonds is 20. The van der Waals surface area contributed by atoms with Crippen LogP contribution in [0.15, 0.2) is 58.7 Å². The van der Waals surface area contributed by atoms with Crippen LogP contribution in [0.2, 0.25) is 0 Å². The number of phosphoric acid groups is 1. The molecule has 0 saturated carbocycles. The van der Waals surface area contributed by atoms with Crippen molar-refractivity contribution in [3.63, 3.8) is 0 Å². The lowest BCUT2D eigenvalue weighted by Crippen LogP contribution is -2.19. The Morgan fingerprint density at radius 3 is 1.88 bits per heavy atom. The summed E-state index contributed by atoms with van der Waals surface area (Å²) in [5, 5.41) is 0. The fourth-order valence-electron chi connectivity index (χ4n) is 5.33. The molecule has 0 heterocycles. The Labute approximate surface area is 263 Å². The summed E-state index contributed by atoms with van der Waals surface area (Å²) < 4.78 is 14.3. The molecule has 6 nitrogen and oxygen atoms in total. The highest BCUT2D eigenvalue weighted by molar-refractivity contribution is 7.45. The lowest BCUT2D eigenvalue weighted by molar-refractivity contribution is -0.142. The molecule has 0 unspecified atom stereocenters. The molecule has 0 aromatic carbocycles. The number of esters is 1. The van der Waals surface area contributed by atoms with Gasteiger partial charge in [-0.25, -0.2) is 4.57 Å². The van der Waals surface area contributed by atoms with E-state index in [2.05, 4.69) is 71.9 Å². The lowest BCUT2D eigenvalue weighted by atomic mass is 9.72. The Kier molecular flexibility index (Phi) is 23.6. The molecule has 0 bridgehead atoms. The molecule has 1 aliphatic carbocycles. The van der Waals surface area contributed by atoms with Crippen LogP contribution in [0.5, 0.6) is 0 Å². The topological polar surface area (TPSA) is 104 Å². The van der Waals surface area contributed by atoms with Crippen LogP contribution in [0.1, 0.15) is 151 Å². The summed E-state index contributed by atoms with van der Waals surface area (Å²) in [6.07, 6.45) is 34.3. The van der Waals surface area contributed by atoms with Gasteiger partial charge >= 0.3 is 13.8 Å². The Morgan fingerprint density at radius 1 is 0.860 bits per heavy atom. The van der Waals surface area contributed by atoms with Gasteiger partial charge in [0.05, 0.1) is 0 Å². The first kappa shape index (κ1) is 41.3. The summed E-state index contributed by atoms with van der Waals surface area (Å²) in [5.41, 5.74) is 5.65. The quantitative estimate of drug-likeness (QED) is 0.0540. The van der Waals surface area contributed by atoms with Crippen LogP contribution in [0.25, 0.3) is 0 Å². The molecular weight excluding hydrogens is 559 g/mol. The van der Waals surface area contributed by atoms with Crippen LogP contribution in [-0.4, -0.2) is 27.3 Å². The van der Waals surface area contributed by atoms with Crippen LogP contribution in [0, 0.1) is 5.41 Å². The van der Waals surface area contributed by atoms with Gasteiger partial charge in [0, 0.05) is 6.42 Å². The van der Waals surface area contributed by atoms with E-state index < -0.39 is 7.82 Å². The maximum Gasteiger partial charge on any atom is 0.466 e. The third-order valence-electron chi connectivity index (χ3n) is 7.91. The van der Waals surface area contributed by atoms with E-state index in [0.717, 1.165) is 18.4 Å². The van der Waals surface area contributed by atoms with E-state index in [4.69, 9.17) is 24.0 Å². The summed E-state index contributed by atoms with van der Waals surface area (Å²) in [4.78, 5) is 33.6. The van der Waals surface area contributed by atoms with E-state index in [9.17, 15) is 4.79 Å². The summed E-state index contributed by atoms with van der Waals surface area (Å²) >= 11 is 0. The van der Waals surface area contributed by atoms with Crippen molar-refractivity contribution in [3.05, 3.63) is 58.7 Å². The summed E-state index contributed by atoms with van der Waals surface area (Å²) in [6, 6.07) is 0. The van der Waals surface area contributed by atoms with Crippen molar-refractivity contribution in [3.8, 4) is 0 Å². The van der Waals surface area contributed by atoms with E-state index in [-0.39, 0.29) is 11.4 Å². The van der Waals surface area contributed by atoms with Crippen molar-refractivity contribution >= 4 is 13.8 Å². The summed E-state index contributed by atoms with van der Waals surface area (Å²) in [5.74, 6) is -0.0720. The molecule has 0 fully saturated rings. The minimum atomic E-state index is -4.64. The standard InChI is InChI=1S/C36H60O2.H3O4P/c1-7-8-9-10-11-12-13-14-15-16-17-18-19-25-35(37)38-30-28-32(3)23-20-22-31(2)26-27-34-33(4)24-21-29-36(34,5)6;1-5(2,3)4/h20,22-23,26-28H,7-19,21,24-25,29-30H2,1-6H3;(H3,1,2,3,4). The fourth-order valence-corrected chi connectivity index (χ4v) is 5.33. The molecular formula is C36H63O6P. The van der Waals surface area contributed by atoms with Gasteiger partial charge < -0.3 is 19.4 Å². The monoisotopic (exact) mass is 622 g/mol. The van der Waals surface area contributed by atoms with Crippen LogP contribution in [0.4, 0.5) is 0 Å². The van der Waals surface area contributed by atoms with E-state index in [0.29, 0.717) is 13.0 Å². The van der Waals surface area contributed by atoms with Gasteiger partial charge in [0.25, 0.3) is 0 Å². The first-order chi connectivity index (χ1) is 20.3. The summed E-state index contributed by atoms with van der Waals surface area (Å²) in [7, 11) is -4.64. The van der Waals surface area contributed by atoms with Crippen LogP contribution in [-0.2, 0) is 14.1 Å². The second-order valence-electron chi connectivity index (χ2n) is 12.7. The molecule has 0 atom stereocenters. The minimum absolute atomic E-state index is 0.0720. The van der Waals surface area contributed by atoms with Crippen molar-refractivity contribution < 1.29 is 28.8 Å². The molecule has 0 radical (unpaired) electrons. The fraction of sp³-hybridized carbons (Fsp3) is 0.694. The number of allylic oxidation sites excluding steroid dienone is 9. The zero-order chi connectivity index (χ0) is 32.6. The van der Waals surface area contributed by atoms with Gasteiger partial charge in [-0.15, -0.1) is 0 Å². The number of carbonyl (C=O) groups excluding carboxylic acids is 1. The van der Waals surface area contributed by atoms with Gasteiger partial charge in [-0.05, 0) is 63.5 Å². The summed E-state index contributed by atoms with van der Waals surface area (Å²) in [6.45, 7) is 13.8. The molecule has 7 heteroatoms. The molecule has 0 aliphatic heterocycles. The number of ether oxygens (including phenoxy) is 1. The number of carbonyl (C=O) groups is 1. The van der Waals surface area contributed by atoms with Crippen molar-refractivity contribution in [1.29, 1.82) is 0 Å². The first-order valence-electron chi connectivity index (χ1n) is 16.6. The van der Waals surface area contributed by atoms with Gasteiger partial charge in [0.1, 0.15) is 6.61 Å². The molecule has 0 spiro atoms. The average Bonchev–Trinajstić information content (AvgIpc) is 2.89. The predicted molar refractivity (Wildman–Crippen MR) is 182 cm³/mol. The van der Waals surface area contributed by atoms with E-state index >= 15 is 0 Å². The number of unbranched alkanes of at least 4 members (excludes halogenated alkanes) is 12. The van der Waals surface area contributed by atoms with E-state index in [1.54, 1.807) is 0 Å². The Morgan fingerprint density at radius 2 is 1.37 bits per heavy atom. The zero-order valence-corrected chi connectivity index (χ0v) is 29.1.